The van der Waals surface area contributed by atoms with Gasteiger partial charge in [-0.1, -0.05) is 73.2 Å². The van der Waals surface area contributed by atoms with E-state index in [0.29, 0.717) is 0 Å². The Balaban J connectivity index is -0.000000135. The molecule has 0 aliphatic rings. The molecule has 0 amide bonds. The van der Waals surface area contributed by atoms with Gasteiger partial charge in [0.1, 0.15) is 66.1 Å². The van der Waals surface area contributed by atoms with Crippen LogP contribution in [0.4, 0.5) is 0 Å². The predicted molar refractivity (Wildman–Crippen MR) is 347 cm³/mol. The number of phosphoric ester groups is 6. The van der Waals surface area contributed by atoms with E-state index in [9.17, 15) is 114 Å². The molecule has 0 spiro atoms. The van der Waals surface area contributed by atoms with E-state index in [4.69, 9.17) is 0 Å². The maximum Gasteiger partial charge on any atom is 2.00 e. The van der Waals surface area contributed by atoms with Crippen LogP contribution in [0.25, 0.3) is 0 Å². The van der Waals surface area contributed by atoms with Gasteiger partial charge in [-0.05, 0) is 34.6 Å². The van der Waals surface area contributed by atoms with Gasteiger partial charge in [-0.15, -0.1) is 0 Å². The number of ether oxygens (including phenoxy) is 10. The summed E-state index contributed by atoms with van der Waals surface area (Å²) in [6.07, 6.45) is 4.64. The minimum atomic E-state index is -4.96. The predicted octanol–water partition coefficient (Wildman–Crippen LogP) is -0.514. The van der Waals surface area contributed by atoms with Gasteiger partial charge in [0.2, 0.25) is 0 Å². The van der Waals surface area contributed by atoms with Crippen molar-refractivity contribution in [3.63, 3.8) is 0 Å². The molecular weight excluding hydrogens is 1750 g/mol. The Labute approximate surface area is 659 Å². The van der Waals surface area contributed by atoms with Crippen molar-refractivity contribution >= 4 is 107 Å². The fraction of sp³-hybridized carbons (Fsp3) is 0.464. The van der Waals surface area contributed by atoms with E-state index in [0.717, 1.165) is 30.4 Å². The summed E-state index contributed by atoms with van der Waals surface area (Å²) in [5.74, 6) is -6.72. The van der Waals surface area contributed by atoms with Gasteiger partial charge in [0.15, 0.2) is 0 Å². The molecule has 109 heavy (non-hydrogen) atoms. The average Bonchev–Trinajstić information content (AvgIpc) is 0.941. The van der Waals surface area contributed by atoms with Crippen LogP contribution in [-0.2, 0) is 219 Å². The van der Waals surface area contributed by atoms with Crippen LogP contribution in [-0.4, -0.2) is 192 Å². The van der Waals surface area contributed by atoms with Gasteiger partial charge < -0.3 is 141 Å². The first kappa shape index (κ1) is 124. The molecule has 0 saturated carbocycles. The number of carbonyl (C=O) groups excluding carboxylic acids is 10. The minimum absolute atomic E-state index is 0. The van der Waals surface area contributed by atoms with Gasteiger partial charge in [0.05, 0.1) is 81.7 Å². The number of phosphoric acid groups is 6. The summed E-state index contributed by atoms with van der Waals surface area (Å²) in [5.41, 5.74) is 0.950. The average molecular weight is 1840 g/mol. The summed E-state index contributed by atoms with van der Waals surface area (Å²) >= 11 is 0. The molecule has 44 nitrogen and oxygen atoms in total. The molecule has 0 saturated heterocycles. The molecule has 0 heterocycles. The second-order valence-electron chi connectivity index (χ2n) is 17.5. The second kappa shape index (κ2) is 72.6. The third-order valence-electron chi connectivity index (χ3n) is 8.29. The van der Waals surface area contributed by atoms with Gasteiger partial charge in [-0.2, -0.15) is 0 Å². The van der Waals surface area contributed by atoms with Crippen LogP contribution in [0.15, 0.2) is 124 Å². The Morgan fingerprint density at radius 2 is 0.349 bits per heavy atom. The molecule has 637 valence electrons. The van der Waals surface area contributed by atoms with Gasteiger partial charge >= 0.3 is 111 Å². The number of esters is 10. The smallest absolute Gasteiger partial charge is 0.790 e. The van der Waals surface area contributed by atoms with Crippen LogP contribution in [0.3, 0.4) is 0 Å². The molecule has 0 aliphatic heterocycles. The molecule has 0 atom stereocenters. The minimum Gasteiger partial charge on any atom is -0.790 e. The molecule has 0 aliphatic carbocycles. The molecular formula is C56H84Cu3O44P6-2. The zero-order valence-electron chi connectivity index (χ0n) is 58.2. The molecule has 0 N–H and O–H groups in total. The van der Waals surface area contributed by atoms with E-state index >= 15 is 0 Å². The summed E-state index contributed by atoms with van der Waals surface area (Å²) < 4.78 is 152. The Bertz CT molecular complexity index is 2890. The maximum absolute atomic E-state index is 11.3. The van der Waals surface area contributed by atoms with Gasteiger partial charge in [0.25, 0.3) is 31.3 Å². The number of carbonyl (C=O) groups is 10. The molecule has 53 heteroatoms. The molecule has 0 aromatic carbocycles. The monoisotopic (exact) mass is 1840 g/mol. The van der Waals surface area contributed by atoms with Crippen LogP contribution in [0.2, 0.25) is 0 Å². The van der Waals surface area contributed by atoms with Gasteiger partial charge in [-0.3, -0.25) is 18.3 Å². The van der Waals surface area contributed by atoms with Crippen molar-refractivity contribution in [1.82, 2.24) is 0 Å². The molecule has 0 aromatic rings. The van der Waals surface area contributed by atoms with Crippen molar-refractivity contribution in [3.8, 4) is 0 Å². The maximum atomic E-state index is 11.3. The standard InChI is InChI=1S/2C12H19O8P.2C10H15O8P.C6H11O6P.C5H9O6P.CH4.3Cu/c2*1-9(2)11(13)17-5-7-19-21(15,16)20-8-6-18-12(14)10(3)4;2*1-3-9(11)15-5-7-17-19(13,14)18-8-6-16-10(12)4-2;1-5(2)6(7)11-3-4-12-13(8,9)10;1-2-5(6)10-3-4-11-12(7,8)9;;;;/h2*1,3,5-8H2,2,4H3,(H,15,16);2*3-4H,1-2,5-8H2,(H,13,14);1,3-4H2,2H3,(H2,8,9,10);2H,1,3-4H2,(H2,7,8,9);1H4;;;/q;;;;;;;3*+2/p-8. The first-order valence-electron chi connectivity index (χ1n) is 28.2. The molecule has 3 radical (unpaired) electrons. The summed E-state index contributed by atoms with van der Waals surface area (Å²) in [7, 11) is -28.0. The van der Waals surface area contributed by atoms with E-state index in [1.807, 2.05) is 0 Å². The summed E-state index contributed by atoms with van der Waals surface area (Å²) in [5, 5.41) is 0. The fourth-order valence-electron chi connectivity index (χ4n) is 3.93. The quantitative estimate of drug-likeness (QED) is 0.0185. The molecule has 0 unspecified atom stereocenters. The van der Waals surface area contributed by atoms with Gasteiger partial charge in [-0.25, -0.2) is 47.9 Å². The summed E-state index contributed by atoms with van der Waals surface area (Å²) in [6, 6.07) is 0. The summed E-state index contributed by atoms with van der Waals surface area (Å²) in [4.78, 5) is 192. The van der Waals surface area contributed by atoms with Crippen LogP contribution < -0.4 is 39.1 Å². The van der Waals surface area contributed by atoms with Crippen molar-refractivity contribution < 1.29 is 258 Å². The number of hydrogen-bond donors (Lipinski definition) is 0. The van der Waals surface area contributed by atoms with Crippen LogP contribution in [0.1, 0.15) is 42.0 Å². The van der Waals surface area contributed by atoms with Crippen molar-refractivity contribution in [2.75, 3.05) is 132 Å². The van der Waals surface area contributed by atoms with E-state index in [1.165, 1.54) is 34.6 Å². The molecule has 0 bridgehead atoms. The summed E-state index contributed by atoms with van der Waals surface area (Å²) in [6.45, 7) is 33.0. The number of hydrogen-bond acceptors (Lipinski definition) is 44. The van der Waals surface area contributed by atoms with Crippen LogP contribution in [0.5, 0.6) is 0 Å². The zero-order valence-corrected chi connectivity index (χ0v) is 66.3. The Kier molecular flexibility index (Phi) is 82.7. The number of rotatable bonds is 50. The first-order valence-corrected chi connectivity index (χ1v) is 37.0. The fourth-order valence-corrected chi connectivity index (χ4v) is 7.21. The largest absolute Gasteiger partial charge is 2.00 e. The van der Waals surface area contributed by atoms with Crippen LogP contribution in [0, 0.1) is 0 Å². The van der Waals surface area contributed by atoms with Crippen molar-refractivity contribution in [2.24, 2.45) is 0 Å². The van der Waals surface area contributed by atoms with E-state index in [2.05, 4.69) is 158 Å². The second-order valence-corrected chi connectivity index (χ2v) is 25.4. The van der Waals surface area contributed by atoms with Crippen molar-refractivity contribution in [2.45, 2.75) is 42.0 Å². The molecule has 0 rings (SSSR count). The Morgan fingerprint density at radius 3 is 0.450 bits per heavy atom. The third kappa shape index (κ3) is 94.6. The van der Waals surface area contributed by atoms with E-state index in [-0.39, 0.29) is 205 Å². The van der Waals surface area contributed by atoms with E-state index in [1.54, 1.807) is 0 Å². The first-order chi connectivity index (χ1) is 48.4. The third-order valence-corrected chi connectivity index (χ3v) is 13.3. The molecule has 0 fully saturated rings. The van der Waals surface area contributed by atoms with Gasteiger partial charge in [0, 0.05) is 58.2 Å². The normalized spacial score (nSPS) is 10.4. The van der Waals surface area contributed by atoms with Crippen molar-refractivity contribution in [1.29, 1.82) is 0 Å². The van der Waals surface area contributed by atoms with Crippen LogP contribution >= 0.6 is 46.9 Å². The van der Waals surface area contributed by atoms with Crippen molar-refractivity contribution in [3.05, 3.63) is 124 Å². The zero-order chi connectivity index (χ0) is 82.5. The van der Waals surface area contributed by atoms with E-state index < -0.39 is 120 Å². The topological polar surface area (TPSA) is 642 Å². The Morgan fingerprint density at radius 1 is 0.239 bits per heavy atom. The SMILES string of the molecule is C.C=C(C)C(=O)OCCOP(=O)([O-])OCCOC(=O)C(=C)C.C=C(C)C(=O)OCCOP(=O)([O-])OCCOC(=O)C(=C)C.C=C(C)C(=O)OCCOP(=O)([O-])[O-].C=CC(=O)OCCOP(=O)([O-])OCCOC(=O)C=C.C=CC(=O)OCCOP(=O)([O-])OCCOC(=O)C=C.C=CC(=O)OCCOP(=O)([O-])[O-].[Cu+2].[Cu+2].[Cu+2]. The Hall–Kier alpha value is -5.68. The molecule has 0 aromatic heterocycles.